The van der Waals surface area contributed by atoms with Crippen molar-refractivity contribution in [3.8, 4) is 0 Å². The summed E-state index contributed by atoms with van der Waals surface area (Å²) < 4.78 is 0. The Morgan fingerprint density at radius 1 is 1.14 bits per heavy atom. The quantitative estimate of drug-likeness (QED) is 0.393. The van der Waals surface area contributed by atoms with Crippen molar-refractivity contribution in [3.05, 3.63) is 65.2 Å². The first kappa shape index (κ1) is 14.6. The van der Waals surface area contributed by atoms with E-state index in [4.69, 9.17) is 10.9 Å². The standard InChI is InChI=1S/C16H17N3O2/c1-11-6-8-14(9-7-11)19(2)16(20)13-5-3-4-12(10-13)15(17)18-21/h3-10,21H,1-2H3,(H2,17,18). The summed E-state index contributed by atoms with van der Waals surface area (Å²) in [5, 5.41) is 11.6. The first-order valence-electron chi connectivity index (χ1n) is 6.45. The zero-order valence-electron chi connectivity index (χ0n) is 11.9. The highest BCUT2D eigenvalue weighted by molar-refractivity contribution is 6.07. The number of nitrogens with two attached hydrogens (primary N) is 1. The van der Waals surface area contributed by atoms with Crippen molar-refractivity contribution in [1.29, 1.82) is 0 Å². The average Bonchev–Trinajstić information content (AvgIpc) is 2.53. The topological polar surface area (TPSA) is 78.9 Å². The van der Waals surface area contributed by atoms with E-state index in [0.29, 0.717) is 11.1 Å². The molecule has 0 aromatic heterocycles. The van der Waals surface area contributed by atoms with Gasteiger partial charge in [0.05, 0.1) is 0 Å². The molecule has 0 saturated carbocycles. The number of amides is 1. The average molecular weight is 283 g/mol. The van der Waals surface area contributed by atoms with Crippen LogP contribution in [0.4, 0.5) is 5.69 Å². The van der Waals surface area contributed by atoms with Gasteiger partial charge in [0, 0.05) is 23.9 Å². The van der Waals surface area contributed by atoms with Crippen LogP contribution < -0.4 is 10.6 Å². The van der Waals surface area contributed by atoms with Gasteiger partial charge in [-0.1, -0.05) is 35.0 Å². The molecule has 0 bridgehead atoms. The first-order valence-corrected chi connectivity index (χ1v) is 6.45. The normalized spacial score (nSPS) is 11.2. The van der Waals surface area contributed by atoms with Gasteiger partial charge >= 0.3 is 0 Å². The molecule has 0 atom stereocenters. The van der Waals surface area contributed by atoms with Gasteiger partial charge in [-0.2, -0.15) is 0 Å². The summed E-state index contributed by atoms with van der Waals surface area (Å²) >= 11 is 0. The van der Waals surface area contributed by atoms with E-state index in [2.05, 4.69) is 5.16 Å². The molecule has 2 aromatic carbocycles. The minimum atomic E-state index is -0.161. The number of rotatable bonds is 3. The van der Waals surface area contributed by atoms with Crippen LogP contribution in [0.2, 0.25) is 0 Å². The van der Waals surface area contributed by atoms with Crippen LogP contribution in [0.25, 0.3) is 0 Å². The number of amidine groups is 1. The molecule has 21 heavy (non-hydrogen) atoms. The number of nitrogens with zero attached hydrogens (tertiary/aromatic N) is 2. The Bertz CT molecular complexity index is 678. The van der Waals surface area contributed by atoms with Gasteiger partial charge in [-0.15, -0.1) is 0 Å². The van der Waals surface area contributed by atoms with Gasteiger partial charge in [-0.3, -0.25) is 4.79 Å². The minimum Gasteiger partial charge on any atom is -0.409 e. The number of hydrogen-bond donors (Lipinski definition) is 2. The van der Waals surface area contributed by atoms with Crippen LogP contribution >= 0.6 is 0 Å². The largest absolute Gasteiger partial charge is 0.409 e. The lowest BCUT2D eigenvalue weighted by Gasteiger charge is -2.18. The maximum atomic E-state index is 12.5. The Kier molecular flexibility index (Phi) is 4.23. The molecule has 5 nitrogen and oxygen atoms in total. The Morgan fingerprint density at radius 2 is 1.76 bits per heavy atom. The van der Waals surface area contributed by atoms with Crippen LogP contribution in [-0.4, -0.2) is 24.0 Å². The Morgan fingerprint density at radius 3 is 2.38 bits per heavy atom. The molecule has 0 heterocycles. The fourth-order valence-corrected chi connectivity index (χ4v) is 1.95. The number of oxime groups is 1. The van der Waals surface area contributed by atoms with E-state index < -0.39 is 0 Å². The summed E-state index contributed by atoms with van der Waals surface area (Å²) in [6.07, 6.45) is 0. The van der Waals surface area contributed by atoms with Crippen LogP contribution in [-0.2, 0) is 0 Å². The number of carbonyl (C=O) groups is 1. The third-order valence-electron chi connectivity index (χ3n) is 3.24. The van der Waals surface area contributed by atoms with Gasteiger partial charge in [0.2, 0.25) is 0 Å². The van der Waals surface area contributed by atoms with Crippen LogP contribution in [0.15, 0.2) is 53.7 Å². The molecule has 0 aliphatic carbocycles. The summed E-state index contributed by atoms with van der Waals surface area (Å²) in [5.74, 6) is -0.186. The van der Waals surface area contributed by atoms with Crippen LogP contribution in [0.1, 0.15) is 21.5 Å². The molecular weight excluding hydrogens is 266 g/mol. The summed E-state index contributed by atoms with van der Waals surface area (Å²) in [7, 11) is 1.71. The molecule has 2 aromatic rings. The van der Waals surface area contributed by atoms with Crippen molar-refractivity contribution in [3.63, 3.8) is 0 Å². The monoisotopic (exact) mass is 283 g/mol. The fraction of sp³-hybridized carbons (Fsp3) is 0.125. The molecule has 0 spiro atoms. The van der Waals surface area contributed by atoms with Crippen LogP contribution in [0.5, 0.6) is 0 Å². The van der Waals surface area contributed by atoms with Gasteiger partial charge in [0.15, 0.2) is 5.84 Å². The van der Waals surface area contributed by atoms with E-state index in [1.165, 1.54) is 0 Å². The molecule has 1 amide bonds. The number of benzene rings is 2. The highest BCUT2D eigenvalue weighted by Crippen LogP contribution is 2.17. The lowest BCUT2D eigenvalue weighted by molar-refractivity contribution is 0.0993. The Hall–Kier alpha value is -2.82. The fourth-order valence-electron chi connectivity index (χ4n) is 1.95. The molecule has 0 fully saturated rings. The summed E-state index contributed by atoms with van der Waals surface area (Å²) in [6.45, 7) is 1.99. The van der Waals surface area contributed by atoms with E-state index >= 15 is 0 Å². The van der Waals surface area contributed by atoms with Gasteiger partial charge in [-0.25, -0.2) is 0 Å². The van der Waals surface area contributed by atoms with Crippen molar-refractivity contribution in [2.24, 2.45) is 10.9 Å². The lowest BCUT2D eigenvalue weighted by atomic mass is 10.1. The Balaban J connectivity index is 2.29. The second kappa shape index (κ2) is 6.09. The van der Waals surface area contributed by atoms with Crippen molar-refractivity contribution in [2.45, 2.75) is 6.92 Å². The molecule has 0 saturated heterocycles. The predicted molar refractivity (Wildman–Crippen MR) is 82.9 cm³/mol. The predicted octanol–water partition coefficient (Wildman–Crippen LogP) is 2.37. The molecule has 108 valence electrons. The molecular formula is C16H17N3O2. The molecule has 0 aliphatic rings. The zero-order chi connectivity index (χ0) is 15.4. The van der Waals surface area contributed by atoms with Gasteiger partial charge in [-0.05, 0) is 31.2 Å². The van der Waals surface area contributed by atoms with Crippen molar-refractivity contribution >= 4 is 17.4 Å². The smallest absolute Gasteiger partial charge is 0.258 e. The third-order valence-corrected chi connectivity index (χ3v) is 3.24. The van der Waals surface area contributed by atoms with Gasteiger partial charge < -0.3 is 15.8 Å². The first-order chi connectivity index (χ1) is 10.0. The second-order valence-corrected chi connectivity index (χ2v) is 4.77. The van der Waals surface area contributed by atoms with E-state index in [1.807, 2.05) is 31.2 Å². The summed E-state index contributed by atoms with van der Waals surface area (Å²) in [6, 6.07) is 14.4. The summed E-state index contributed by atoms with van der Waals surface area (Å²) in [4.78, 5) is 14.0. The number of hydrogen-bond acceptors (Lipinski definition) is 3. The maximum absolute atomic E-state index is 12.5. The highest BCUT2D eigenvalue weighted by atomic mass is 16.4. The summed E-state index contributed by atoms with van der Waals surface area (Å²) in [5.41, 5.74) is 8.46. The van der Waals surface area contributed by atoms with E-state index in [1.54, 1.807) is 36.2 Å². The molecule has 3 N–H and O–H groups in total. The molecule has 0 unspecified atom stereocenters. The maximum Gasteiger partial charge on any atom is 0.258 e. The molecule has 0 radical (unpaired) electrons. The van der Waals surface area contributed by atoms with Crippen molar-refractivity contribution in [2.75, 3.05) is 11.9 Å². The van der Waals surface area contributed by atoms with Gasteiger partial charge in [0.25, 0.3) is 5.91 Å². The minimum absolute atomic E-state index is 0.0253. The SMILES string of the molecule is Cc1ccc(N(C)C(=O)c2cccc(C(N)=NO)c2)cc1. The second-order valence-electron chi connectivity index (χ2n) is 4.77. The molecule has 5 heteroatoms. The highest BCUT2D eigenvalue weighted by Gasteiger charge is 2.14. The van der Waals surface area contributed by atoms with Crippen LogP contribution in [0, 0.1) is 6.92 Å². The zero-order valence-corrected chi connectivity index (χ0v) is 11.9. The number of anilines is 1. The lowest BCUT2D eigenvalue weighted by Crippen LogP contribution is -2.26. The van der Waals surface area contributed by atoms with Crippen molar-refractivity contribution in [1.82, 2.24) is 0 Å². The third kappa shape index (κ3) is 3.20. The molecule has 0 aliphatic heterocycles. The van der Waals surface area contributed by atoms with E-state index in [0.717, 1.165) is 11.3 Å². The van der Waals surface area contributed by atoms with E-state index in [-0.39, 0.29) is 11.7 Å². The Labute approximate surface area is 123 Å². The molecule has 2 rings (SSSR count). The van der Waals surface area contributed by atoms with E-state index in [9.17, 15) is 4.79 Å². The van der Waals surface area contributed by atoms with Crippen LogP contribution in [0.3, 0.4) is 0 Å². The van der Waals surface area contributed by atoms with Crippen molar-refractivity contribution < 1.29 is 10.0 Å². The number of aryl methyl sites for hydroxylation is 1. The number of carbonyl (C=O) groups excluding carboxylic acids is 1. The van der Waals surface area contributed by atoms with Gasteiger partial charge in [0.1, 0.15) is 0 Å².